The van der Waals surface area contributed by atoms with Crippen LogP contribution < -0.4 is 5.56 Å². The van der Waals surface area contributed by atoms with Gasteiger partial charge in [-0.1, -0.05) is 26.8 Å². The third-order valence-electron chi connectivity index (χ3n) is 5.38. The maximum atomic E-state index is 13.0. The molecule has 1 aliphatic rings. The summed E-state index contributed by atoms with van der Waals surface area (Å²) >= 11 is 0. The van der Waals surface area contributed by atoms with Gasteiger partial charge in [0.15, 0.2) is 0 Å². The fourth-order valence-corrected chi connectivity index (χ4v) is 3.73. The highest BCUT2D eigenvalue weighted by Gasteiger charge is 2.28. The van der Waals surface area contributed by atoms with Gasteiger partial charge in [-0.2, -0.15) is 5.10 Å². The Bertz CT molecular complexity index is 1080. The first-order valence-electron chi connectivity index (χ1n) is 9.66. The fraction of sp³-hybridized carbons (Fsp3) is 0.429. The Kier molecular flexibility index (Phi) is 4.53. The molecule has 3 aromatic rings. The number of carbonyl (C=O) groups excluding carboxylic acids is 1. The summed E-state index contributed by atoms with van der Waals surface area (Å²) in [5.74, 6) is 0.0253. The molecule has 146 valence electrons. The van der Waals surface area contributed by atoms with E-state index in [1.165, 1.54) is 0 Å². The summed E-state index contributed by atoms with van der Waals surface area (Å²) in [5, 5.41) is 8.04. The zero-order chi connectivity index (χ0) is 19.9. The van der Waals surface area contributed by atoms with Crippen molar-refractivity contribution in [2.75, 3.05) is 13.1 Å². The van der Waals surface area contributed by atoms with E-state index in [4.69, 9.17) is 0 Å². The second-order valence-electron chi connectivity index (χ2n) is 8.50. The third-order valence-corrected chi connectivity index (χ3v) is 5.38. The van der Waals surface area contributed by atoms with Crippen LogP contribution in [0.1, 0.15) is 61.4 Å². The number of piperidine rings is 1. The lowest BCUT2D eigenvalue weighted by atomic mass is 9.92. The van der Waals surface area contributed by atoms with E-state index in [9.17, 15) is 9.59 Å². The van der Waals surface area contributed by atoms with Gasteiger partial charge in [0.05, 0.1) is 0 Å². The lowest BCUT2D eigenvalue weighted by Gasteiger charge is -2.32. The first-order chi connectivity index (χ1) is 13.3. The van der Waals surface area contributed by atoms with Gasteiger partial charge in [-0.3, -0.25) is 19.7 Å². The van der Waals surface area contributed by atoms with E-state index in [2.05, 4.69) is 40.9 Å². The van der Waals surface area contributed by atoms with Gasteiger partial charge in [-0.25, -0.2) is 0 Å². The van der Waals surface area contributed by atoms with Crippen LogP contribution in [0, 0.1) is 0 Å². The van der Waals surface area contributed by atoms with Crippen molar-refractivity contribution >= 4 is 16.8 Å². The highest BCUT2D eigenvalue weighted by Crippen LogP contribution is 2.28. The van der Waals surface area contributed by atoms with Gasteiger partial charge >= 0.3 is 0 Å². The number of fused-ring (bicyclic) bond motifs is 1. The highest BCUT2D eigenvalue weighted by atomic mass is 16.2. The molecule has 4 rings (SSSR count). The second kappa shape index (κ2) is 6.89. The lowest BCUT2D eigenvalue weighted by Crippen LogP contribution is -2.39. The van der Waals surface area contributed by atoms with Crippen LogP contribution in [0.3, 0.4) is 0 Å². The molecule has 4 heterocycles. The molecular formula is C21H25N5O2. The average molecular weight is 379 g/mol. The molecule has 1 amide bonds. The lowest BCUT2D eigenvalue weighted by molar-refractivity contribution is 0.0700. The topological polar surface area (TPSA) is 94.7 Å². The number of nitrogens with one attached hydrogen (secondary N) is 2. The molecule has 1 saturated heterocycles. The zero-order valence-electron chi connectivity index (χ0n) is 16.5. The Morgan fingerprint density at radius 2 is 2.11 bits per heavy atom. The van der Waals surface area contributed by atoms with Gasteiger partial charge in [-0.15, -0.1) is 0 Å². The number of carbonyl (C=O) groups is 1. The molecule has 1 atom stereocenters. The molecule has 1 aliphatic heterocycles. The van der Waals surface area contributed by atoms with Crippen LogP contribution in [0.5, 0.6) is 0 Å². The number of nitrogens with zero attached hydrogens (tertiary/aromatic N) is 3. The minimum absolute atomic E-state index is 0.0683. The van der Waals surface area contributed by atoms with Crippen molar-refractivity contribution in [3.63, 3.8) is 0 Å². The van der Waals surface area contributed by atoms with Crippen molar-refractivity contribution in [1.82, 2.24) is 25.1 Å². The Morgan fingerprint density at radius 1 is 1.29 bits per heavy atom. The van der Waals surface area contributed by atoms with Gasteiger partial charge in [0, 0.05) is 47.4 Å². The van der Waals surface area contributed by atoms with Crippen LogP contribution in [-0.4, -0.2) is 44.1 Å². The number of likely N-dealkylation sites (tertiary alicyclic amines) is 1. The van der Waals surface area contributed by atoms with Gasteiger partial charge < -0.3 is 9.88 Å². The van der Waals surface area contributed by atoms with Crippen molar-refractivity contribution in [2.24, 2.45) is 0 Å². The summed E-state index contributed by atoms with van der Waals surface area (Å²) in [6, 6.07) is 7.54. The summed E-state index contributed by atoms with van der Waals surface area (Å²) in [5.41, 5.74) is 2.42. The van der Waals surface area contributed by atoms with Crippen LogP contribution in [0.4, 0.5) is 0 Å². The summed E-state index contributed by atoms with van der Waals surface area (Å²) in [6.45, 7) is 7.51. The van der Waals surface area contributed by atoms with Crippen LogP contribution in [0.2, 0.25) is 0 Å². The van der Waals surface area contributed by atoms with E-state index in [-0.39, 0.29) is 22.8 Å². The van der Waals surface area contributed by atoms with Crippen LogP contribution >= 0.6 is 0 Å². The minimum atomic E-state index is -0.182. The molecule has 2 N–H and O–H groups in total. The number of pyridine rings is 2. The van der Waals surface area contributed by atoms with Crippen molar-refractivity contribution < 1.29 is 4.79 Å². The molecule has 7 nitrogen and oxygen atoms in total. The average Bonchev–Trinajstić information content (AvgIpc) is 3.18. The van der Waals surface area contributed by atoms with E-state index in [1.54, 1.807) is 6.20 Å². The van der Waals surface area contributed by atoms with E-state index in [0.29, 0.717) is 24.3 Å². The molecule has 0 spiro atoms. The first-order valence-corrected chi connectivity index (χ1v) is 9.66. The molecule has 1 fully saturated rings. The monoisotopic (exact) mass is 379 g/mol. The number of hydrogen-bond donors (Lipinski definition) is 2. The normalized spacial score (nSPS) is 17.8. The van der Waals surface area contributed by atoms with Crippen LogP contribution in [0.25, 0.3) is 10.9 Å². The maximum absolute atomic E-state index is 13.0. The molecule has 0 aliphatic carbocycles. The number of hydrogen-bond acceptors (Lipinski definition) is 4. The van der Waals surface area contributed by atoms with E-state index < -0.39 is 0 Å². The van der Waals surface area contributed by atoms with E-state index in [1.807, 2.05) is 29.2 Å². The Labute approximate surface area is 163 Å². The van der Waals surface area contributed by atoms with Gasteiger partial charge in [0.25, 0.3) is 11.5 Å². The Balaban J connectivity index is 1.57. The summed E-state index contributed by atoms with van der Waals surface area (Å²) in [6.07, 6.45) is 3.44. The number of H-pyrrole nitrogens is 2. The molecule has 0 bridgehead atoms. The van der Waals surface area contributed by atoms with Gasteiger partial charge in [-0.05, 0) is 31.0 Å². The summed E-state index contributed by atoms with van der Waals surface area (Å²) < 4.78 is 0. The predicted molar refractivity (Wildman–Crippen MR) is 108 cm³/mol. The minimum Gasteiger partial charge on any atom is -0.337 e. The fourth-order valence-electron chi connectivity index (χ4n) is 3.73. The third kappa shape index (κ3) is 3.44. The quantitative estimate of drug-likeness (QED) is 0.716. The Hall–Kier alpha value is -2.96. The smallest absolute Gasteiger partial charge is 0.274 e. The van der Waals surface area contributed by atoms with Gasteiger partial charge in [0.2, 0.25) is 0 Å². The molecule has 28 heavy (non-hydrogen) atoms. The number of rotatable bonds is 2. The van der Waals surface area contributed by atoms with Gasteiger partial charge in [0.1, 0.15) is 11.2 Å². The molecule has 1 unspecified atom stereocenters. The van der Waals surface area contributed by atoms with Crippen molar-refractivity contribution in [3.05, 3.63) is 57.9 Å². The SMILES string of the molecule is CC(C)(C)c1cc(C(=O)N2CCCC(c3cc4cccnc4c(=O)[nH]3)C2)n[nH]1. The summed E-state index contributed by atoms with van der Waals surface area (Å²) in [4.78, 5) is 34.3. The first kappa shape index (κ1) is 18.4. The number of amides is 1. The summed E-state index contributed by atoms with van der Waals surface area (Å²) in [7, 11) is 0. The van der Waals surface area contributed by atoms with Crippen molar-refractivity contribution in [2.45, 2.75) is 44.9 Å². The highest BCUT2D eigenvalue weighted by molar-refractivity contribution is 5.92. The molecule has 3 aromatic heterocycles. The Morgan fingerprint density at radius 3 is 2.86 bits per heavy atom. The standard InChI is InChI=1S/C21H25N5O2/c1-21(2,3)17-11-16(24-25-17)20(28)26-9-5-7-14(12-26)15-10-13-6-4-8-22-18(13)19(27)23-15/h4,6,8,10-11,14H,5,7,9,12H2,1-3H3,(H,23,27)(H,24,25). The molecule has 0 saturated carbocycles. The van der Waals surface area contributed by atoms with Crippen molar-refractivity contribution in [3.8, 4) is 0 Å². The second-order valence-corrected chi connectivity index (χ2v) is 8.50. The number of aromatic nitrogens is 4. The zero-order valence-corrected chi connectivity index (χ0v) is 16.5. The maximum Gasteiger partial charge on any atom is 0.274 e. The van der Waals surface area contributed by atoms with Crippen LogP contribution in [-0.2, 0) is 5.41 Å². The van der Waals surface area contributed by atoms with Crippen LogP contribution in [0.15, 0.2) is 35.3 Å². The molecule has 7 heteroatoms. The predicted octanol–water partition coefficient (Wildman–Crippen LogP) is 2.96. The number of aromatic amines is 2. The molecular weight excluding hydrogens is 354 g/mol. The van der Waals surface area contributed by atoms with E-state index in [0.717, 1.165) is 29.6 Å². The van der Waals surface area contributed by atoms with Crippen molar-refractivity contribution in [1.29, 1.82) is 0 Å². The van der Waals surface area contributed by atoms with E-state index >= 15 is 0 Å². The molecule has 0 aromatic carbocycles. The molecule has 0 radical (unpaired) electrons. The largest absolute Gasteiger partial charge is 0.337 e.